The smallest absolute Gasteiger partial charge is 0.151 e. The minimum Gasteiger partial charge on any atom is -0.491 e. The molecule has 0 aliphatic heterocycles. The Morgan fingerprint density at radius 3 is 2.10 bits per heavy atom. The number of anilines is 3. The van der Waals surface area contributed by atoms with E-state index in [0.717, 1.165) is 12.1 Å². The summed E-state index contributed by atoms with van der Waals surface area (Å²) in [5.41, 5.74) is 5.74. The van der Waals surface area contributed by atoms with E-state index in [1.54, 1.807) is 24.3 Å². The first kappa shape index (κ1) is 14.1. The molecule has 0 bridgehead atoms. The topological polar surface area (TPSA) is 47.3 Å². The van der Waals surface area contributed by atoms with Crippen LogP contribution in [0.4, 0.5) is 25.8 Å². The second kappa shape index (κ2) is 5.77. The van der Waals surface area contributed by atoms with Gasteiger partial charge in [0, 0.05) is 11.4 Å². The van der Waals surface area contributed by atoms with Gasteiger partial charge in [-0.1, -0.05) is 0 Å². The monoisotopic (exact) mass is 278 g/mol. The fourth-order valence-electron chi connectivity index (χ4n) is 1.75. The largest absolute Gasteiger partial charge is 0.491 e. The number of nitrogens with one attached hydrogen (secondary N) is 1. The summed E-state index contributed by atoms with van der Waals surface area (Å²) in [4.78, 5) is 0. The zero-order valence-corrected chi connectivity index (χ0v) is 11.3. The van der Waals surface area contributed by atoms with Gasteiger partial charge in [-0.05, 0) is 50.2 Å². The van der Waals surface area contributed by atoms with Gasteiger partial charge in [0.05, 0.1) is 6.10 Å². The number of benzene rings is 2. The van der Waals surface area contributed by atoms with E-state index in [9.17, 15) is 8.78 Å². The molecule has 0 unspecified atom stereocenters. The average Bonchev–Trinajstić information content (AvgIpc) is 2.35. The Bertz CT molecular complexity index is 574. The fraction of sp³-hybridized carbons (Fsp3) is 0.200. The molecule has 20 heavy (non-hydrogen) atoms. The lowest BCUT2D eigenvalue weighted by Gasteiger charge is -2.12. The number of nitrogens with two attached hydrogens (primary N) is 1. The van der Waals surface area contributed by atoms with Crippen molar-refractivity contribution >= 4 is 17.1 Å². The summed E-state index contributed by atoms with van der Waals surface area (Å²) in [6.07, 6.45) is 0.0702. The molecule has 0 aromatic heterocycles. The van der Waals surface area contributed by atoms with Crippen LogP contribution in [0, 0.1) is 11.6 Å². The lowest BCUT2D eigenvalue weighted by molar-refractivity contribution is 0.242. The Kier molecular flexibility index (Phi) is 4.08. The highest BCUT2D eigenvalue weighted by molar-refractivity contribution is 5.63. The fourth-order valence-corrected chi connectivity index (χ4v) is 1.75. The van der Waals surface area contributed by atoms with E-state index in [-0.39, 0.29) is 17.5 Å². The van der Waals surface area contributed by atoms with Crippen LogP contribution < -0.4 is 15.8 Å². The summed E-state index contributed by atoms with van der Waals surface area (Å²) in [5, 5.41) is 2.69. The minimum atomic E-state index is -0.731. The highest BCUT2D eigenvalue weighted by Crippen LogP contribution is 2.26. The maximum atomic E-state index is 13.6. The molecule has 0 aliphatic rings. The number of halogens is 2. The third-order valence-corrected chi connectivity index (χ3v) is 2.56. The van der Waals surface area contributed by atoms with Crippen LogP contribution in [0.1, 0.15) is 13.8 Å². The Balaban J connectivity index is 2.18. The van der Waals surface area contributed by atoms with Crippen LogP contribution in [-0.4, -0.2) is 6.10 Å². The predicted molar refractivity (Wildman–Crippen MR) is 76.3 cm³/mol. The van der Waals surface area contributed by atoms with E-state index in [1.165, 1.54) is 0 Å². The minimum absolute atomic E-state index is 0.0474. The van der Waals surface area contributed by atoms with Gasteiger partial charge < -0.3 is 15.8 Å². The van der Waals surface area contributed by atoms with Crippen LogP contribution in [0.25, 0.3) is 0 Å². The van der Waals surface area contributed by atoms with Gasteiger partial charge in [0.2, 0.25) is 0 Å². The normalized spacial score (nSPS) is 10.7. The van der Waals surface area contributed by atoms with Gasteiger partial charge in [0.1, 0.15) is 11.4 Å². The molecule has 0 spiro atoms. The van der Waals surface area contributed by atoms with Crippen molar-refractivity contribution in [3.8, 4) is 5.75 Å². The zero-order chi connectivity index (χ0) is 14.7. The van der Waals surface area contributed by atoms with Gasteiger partial charge in [-0.15, -0.1) is 0 Å². The molecule has 0 aliphatic carbocycles. The van der Waals surface area contributed by atoms with Crippen molar-refractivity contribution < 1.29 is 13.5 Å². The van der Waals surface area contributed by atoms with Gasteiger partial charge in [0.25, 0.3) is 0 Å². The molecular formula is C15H16F2N2O. The number of hydrogen-bond donors (Lipinski definition) is 2. The molecule has 0 heterocycles. The SMILES string of the molecule is CC(C)Oc1ccc(Nc2c(F)cc(N)cc2F)cc1. The Hall–Kier alpha value is -2.30. The van der Waals surface area contributed by atoms with E-state index in [0.29, 0.717) is 11.4 Å². The Labute approximate surface area is 116 Å². The second-order valence-corrected chi connectivity index (χ2v) is 4.68. The van der Waals surface area contributed by atoms with Gasteiger partial charge in [0.15, 0.2) is 11.6 Å². The Morgan fingerprint density at radius 1 is 1.05 bits per heavy atom. The summed E-state index contributed by atoms with van der Waals surface area (Å²) < 4.78 is 32.8. The van der Waals surface area contributed by atoms with Crippen molar-refractivity contribution in [2.45, 2.75) is 20.0 Å². The summed E-state index contributed by atoms with van der Waals surface area (Å²) >= 11 is 0. The number of nitrogen functional groups attached to an aromatic ring is 1. The molecule has 3 N–H and O–H groups in total. The van der Waals surface area contributed by atoms with Crippen LogP contribution >= 0.6 is 0 Å². The highest BCUT2D eigenvalue weighted by atomic mass is 19.1. The lowest BCUT2D eigenvalue weighted by atomic mass is 10.2. The number of ether oxygens (including phenoxy) is 1. The number of hydrogen-bond acceptors (Lipinski definition) is 3. The van der Waals surface area contributed by atoms with Crippen LogP contribution in [0.5, 0.6) is 5.75 Å². The van der Waals surface area contributed by atoms with Gasteiger partial charge in [-0.25, -0.2) is 8.78 Å². The molecule has 0 saturated carbocycles. The van der Waals surface area contributed by atoms with Crippen molar-refractivity contribution in [2.75, 3.05) is 11.1 Å². The third kappa shape index (κ3) is 3.38. The standard InChI is InChI=1S/C15H16F2N2O/c1-9(2)20-12-5-3-11(4-6-12)19-15-13(16)7-10(18)8-14(15)17/h3-9,19H,18H2,1-2H3. The van der Waals surface area contributed by atoms with E-state index in [4.69, 9.17) is 10.5 Å². The maximum absolute atomic E-state index is 13.6. The molecule has 0 amide bonds. The molecule has 2 aromatic carbocycles. The van der Waals surface area contributed by atoms with E-state index in [1.807, 2.05) is 13.8 Å². The first-order valence-corrected chi connectivity index (χ1v) is 6.24. The molecule has 106 valence electrons. The van der Waals surface area contributed by atoms with Crippen molar-refractivity contribution in [1.82, 2.24) is 0 Å². The third-order valence-electron chi connectivity index (χ3n) is 2.56. The predicted octanol–water partition coefficient (Wildman–Crippen LogP) is 4.08. The molecule has 5 heteroatoms. The second-order valence-electron chi connectivity index (χ2n) is 4.68. The summed E-state index contributed by atoms with van der Waals surface area (Å²) in [5.74, 6) is -0.765. The molecule has 2 rings (SSSR count). The van der Waals surface area contributed by atoms with Crippen molar-refractivity contribution in [1.29, 1.82) is 0 Å². The van der Waals surface area contributed by atoms with Gasteiger partial charge in [-0.2, -0.15) is 0 Å². The van der Waals surface area contributed by atoms with Crippen LogP contribution in [0.15, 0.2) is 36.4 Å². The van der Waals surface area contributed by atoms with Gasteiger partial charge >= 0.3 is 0 Å². The molecule has 0 saturated heterocycles. The maximum Gasteiger partial charge on any atom is 0.151 e. The molecule has 0 atom stereocenters. The van der Waals surface area contributed by atoms with E-state index in [2.05, 4.69) is 5.32 Å². The van der Waals surface area contributed by atoms with Crippen LogP contribution in [0.2, 0.25) is 0 Å². The molecule has 0 fully saturated rings. The molecule has 0 radical (unpaired) electrons. The van der Waals surface area contributed by atoms with E-state index >= 15 is 0 Å². The van der Waals surface area contributed by atoms with Crippen LogP contribution in [0.3, 0.4) is 0 Å². The summed E-state index contributed by atoms with van der Waals surface area (Å²) in [7, 11) is 0. The van der Waals surface area contributed by atoms with Crippen LogP contribution in [-0.2, 0) is 0 Å². The average molecular weight is 278 g/mol. The summed E-state index contributed by atoms with van der Waals surface area (Å²) in [6.45, 7) is 3.84. The zero-order valence-electron chi connectivity index (χ0n) is 11.3. The van der Waals surface area contributed by atoms with E-state index < -0.39 is 11.6 Å². The molecule has 3 nitrogen and oxygen atoms in total. The lowest BCUT2D eigenvalue weighted by Crippen LogP contribution is -2.05. The Morgan fingerprint density at radius 2 is 1.60 bits per heavy atom. The van der Waals surface area contributed by atoms with Crippen molar-refractivity contribution in [3.05, 3.63) is 48.0 Å². The first-order chi connectivity index (χ1) is 9.45. The highest BCUT2D eigenvalue weighted by Gasteiger charge is 2.10. The quantitative estimate of drug-likeness (QED) is 0.828. The molecule has 2 aromatic rings. The molecular weight excluding hydrogens is 262 g/mol. The number of rotatable bonds is 4. The van der Waals surface area contributed by atoms with Crippen molar-refractivity contribution in [3.63, 3.8) is 0 Å². The van der Waals surface area contributed by atoms with Crippen molar-refractivity contribution in [2.24, 2.45) is 0 Å². The van der Waals surface area contributed by atoms with Gasteiger partial charge in [-0.3, -0.25) is 0 Å². The first-order valence-electron chi connectivity index (χ1n) is 6.24. The summed E-state index contributed by atoms with van der Waals surface area (Å²) in [6, 6.07) is 8.98.